The van der Waals surface area contributed by atoms with E-state index in [1.54, 1.807) is 25.2 Å². The number of hydrogen-bond donors (Lipinski definition) is 1. The molecule has 148 valence electrons. The van der Waals surface area contributed by atoms with Gasteiger partial charge in [0.25, 0.3) is 5.92 Å². The van der Waals surface area contributed by atoms with E-state index in [0.29, 0.717) is 17.8 Å². The summed E-state index contributed by atoms with van der Waals surface area (Å²) in [7, 11) is -0.667. The predicted molar refractivity (Wildman–Crippen MR) is 99.3 cm³/mol. The highest BCUT2D eigenvalue weighted by Crippen LogP contribution is 2.29. The zero-order valence-electron chi connectivity index (χ0n) is 15.5. The van der Waals surface area contributed by atoms with E-state index in [-0.39, 0.29) is 10.5 Å². The molecule has 28 heavy (non-hydrogen) atoms. The fourth-order valence-electron chi connectivity index (χ4n) is 2.80. The molecule has 0 amide bonds. The lowest BCUT2D eigenvalue weighted by Crippen LogP contribution is -2.18. The van der Waals surface area contributed by atoms with E-state index in [0.717, 1.165) is 18.1 Å². The van der Waals surface area contributed by atoms with E-state index in [1.165, 1.54) is 36.0 Å². The van der Waals surface area contributed by atoms with Gasteiger partial charge in [-0.05, 0) is 47.2 Å². The molecule has 7 nitrogen and oxygen atoms in total. The second kappa shape index (κ2) is 7.36. The van der Waals surface area contributed by atoms with Crippen molar-refractivity contribution in [2.75, 3.05) is 7.05 Å². The SMILES string of the molecule is CNS(=O)(=O)c1ccc(Cc2ccc(C(C)(F)F)cc2)c(-c2nnnn2C)c1. The number of nitrogens with zero attached hydrogens (tertiary/aromatic N) is 4. The number of rotatable bonds is 6. The summed E-state index contributed by atoms with van der Waals surface area (Å²) in [4.78, 5) is 0.0812. The molecular weight excluding hydrogens is 388 g/mol. The van der Waals surface area contributed by atoms with Crippen LogP contribution in [0.3, 0.4) is 0 Å². The number of tetrazole rings is 1. The van der Waals surface area contributed by atoms with Crippen LogP contribution in [0.1, 0.15) is 23.6 Å². The number of aromatic nitrogens is 4. The van der Waals surface area contributed by atoms with Crippen LogP contribution in [0.5, 0.6) is 0 Å². The molecule has 0 aliphatic rings. The molecule has 0 radical (unpaired) electrons. The molecule has 0 bridgehead atoms. The van der Waals surface area contributed by atoms with Crippen molar-refractivity contribution in [1.29, 1.82) is 0 Å². The molecule has 10 heteroatoms. The Kier molecular flexibility index (Phi) is 5.26. The minimum atomic E-state index is -3.65. The second-order valence-electron chi connectivity index (χ2n) is 6.41. The molecule has 3 rings (SSSR count). The van der Waals surface area contributed by atoms with Crippen molar-refractivity contribution in [3.8, 4) is 11.4 Å². The van der Waals surface area contributed by atoms with Crippen LogP contribution in [0, 0.1) is 0 Å². The van der Waals surface area contributed by atoms with Gasteiger partial charge >= 0.3 is 0 Å². The van der Waals surface area contributed by atoms with Crippen LogP contribution in [-0.2, 0) is 29.4 Å². The smallest absolute Gasteiger partial charge is 0.229 e. The van der Waals surface area contributed by atoms with Gasteiger partial charge in [0.1, 0.15) is 0 Å². The molecular formula is C18H19F2N5O2S. The van der Waals surface area contributed by atoms with Crippen LogP contribution in [0.4, 0.5) is 8.78 Å². The molecule has 0 saturated carbocycles. The molecule has 0 fully saturated rings. The third-order valence-electron chi connectivity index (χ3n) is 4.38. The molecule has 0 aliphatic carbocycles. The summed E-state index contributed by atoms with van der Waals surface area (Å²) in [6.45, 7) is 0.849. The van der Waals surface area contributed by atoms with Crippen molar-refractivity contribution in [2.45, 2.75) is 24.2 Å². The Bertz CT molecular complexity index is 1090. The topological polar surface area (TPSA) is 89.8 Å². The lowest BCUT2D eigenvalue weighted by atomic mass is 9.98. The van der Waals surface area contributed by atoms with E-state index >= 15 is 0 Å². The predicted octanol–water partition coefficient (Wildman–Crippen LogP) is 2.49. The largest absolute Gasteiger partial charge is 0.270 e. The van der Waals surface area contributed by atoms with Gasteiger partial charge in [-0.1, -0.05) is 30.3 Å². The molecule has 1 aromatic heterocycles. The Balaban J connectivity index is 2.04. The fraction of sp³-hybridized carbons (Fsp3) is 0.278. The summed E-state index contributed by atoms with van der Waals surface area (Å²) in [5.74, 6) is -2.50. The summed E-state index contributed by atoms with van der Waals surface area (Å²) >= 11 is 0. The summed E-state index contributed by atoms with van der Waals surface area (Å²) in [5.41, 5.74) is 2.05. The second-order valence-corrected chi connectivity index (χ2v) is 8.30. The Morgan fingerprint density at radius 1 is 1.14 bits per heavy atom. The maximum absolute atomic E-state index is 13.4. The first-order valence-corrected chi connectivity index (χ1v) is 9.86. The van der Waals surface area contributed by atoms with Gasteiger partial charge in [0, 0.05) is 25.1 Å². The van der Waals surface area contributed by atoms with Crippen molar-refractivity contribution in [1.82, 2.24) is 24.9 Å². The summed E-state index contributed by atoms with van der Waals surface area (Å²) in [6.07, 6.45) is 0.400. The van der Waals surface area contributed by atoms with Gasteiger partial charge in [-0.15, -0.1) is 5.10 Å². The standard InChI is InChI=1S/C18H19F2N5O2S/c1-18(19,20)14-7-4-12(5-8-14)10-13-6-9-15(28(26,27)21-2)11-16(13)17-22-23-24-25(17)3/h4-9,11,21H,10H2,1-3H3. The Morgan fingerprint density at radius 3 is 2.36 bits per heavy atom. The van der Waals surface area contributed by atoms with Gasteiger partial charge in [0.05, 0.1) is 4.90 Å². The molecule has 0 aliphatic heterocycles. The number of nitrogens with one attached hydrogen (secondary N) is 1. The van der Waals surface area contributed by atoms with Crippen LogP contribution in [0.25, 0.3) is 11.4 Å². The van der Waals surface area contributed by atoms with Crippen molar-refractivity contribution in [2.24, 2.45) is 7.05 Å². The molecule has 0 saturated heterocycles. The highest BCUT2D eigenvalue weighted by Gasteiger charge is 2.24. The van der Waals surface area contributed by atoms with Crippen LogP contribution >= 0.6 is 0 Å². The molecule has 0 atom stereocenters. The first-order chi connectivity index (χ1) is 13.1. The number of alkyl halides is 2. The van der Waals surface area contributed by atoms with Crippen LogP contribution < -0.4 is 4.72 Å². The summed E-state index contributed by atoms with van der Waals surface area (Å²) in [6, 6.07) is 10.7. The van der Waals surface area contributed by atoms with Crippen molar-refractivity contribution < 1.29 is 17.2 Å². The molecule has 1 N–H and O–H groups in total. The van der Waals surface area contributed by atoms with Gasteiger partial charge < -0.3 is 0 Å². The summed E-state index contributed by atoms with van der Waals surface area (Å²) in [5, 5.41) is 11.4. The van der Waals surface area contributed by atoms with Crippen molar-refractivity contribution in [3.05, 3.63) is 59.2 Å². The molecule has 1 heterocycles. The Hall–Kier alpha value is -2.72. The normalized spacial score (nSPS) is 12.3. The van der Waals surface area contributed by atoms with Gasteiger partial charge in [0.15, 0.2) is 5.82 Å². The highest BCUT2D eigenvalue weighted by atomic mass is 32.2. The number of hydrogen-bond acceptors (Lipinski definition) is 5. The van der Waals surface area contributed by atoms with Crippen LogP contribution in [-0.4, -0.2) is 35.7 Å². The van der Waals surface area contributed by atoms with Crippen LogP contribution in [0.15, 0.2) is 47.4 Å². The third kappa shape index (κ3) is 4.07. The quantitative estimate of drug-likeness (QED) is 0.678. The first kappa shape index (κ1) is 20.0. The van der Waals surface area contributed by atoms with E-state index in [4.69, 9.17) is 0 Å². The van der Waals surface area contributed by atoms with E-state index in [2.05, 4.69) is 20.2 Å². The minimum absolute atomic E-state index is 0.0653. The lowest BCUT2D eigenvalue weighted by Gasteiger charge is -2.13. The Labute approximate surface area is 161 Å². The van der Waals surface area contributed by atoms with E-state index in [9.17, 15) is 17.2 Å². The fourth-order valence-corrected chi connectivity index (χ4v) is 3.55. The first-order valence-electron chi connectivity index (χ1n) is 8.38. The zero-order chi connectivity index (χ0) is 20.5. The lowest BCUT2D eigenvalue weighted by molar-refractivity contribution is 0.0174. The monoisotopic (exact) mass is 407 g/mol. The summed E-state index contributed by atoms with van der Waals surface area (Å²) < 4.78 is 54.9. The zero-order valence-corrected chi connectivity index (χ0v) is 16.3. The third-order valence-corrected chi connectivity index (χ3v) is 5.79. The maximum Gasteiger partial charge on any atom is 0.270 e. The van der Waals surface area contributed by atoms with Gasteiger partial charge in [0.2, 0.25) is 10.0 Å². The number of benzene rings is 2. The Morgan fingerprint density at radius 2 is 1.82 bits per heavy atom. The van der Waals surface area contributed by atoms with Crippen molar-refractivity contribution in [3.63, 3.8) is 0 Å². The number of sulfonamides is 1. The highest BCUT2D eigenvalue weighted by molar-refractivity contribution is 7.89. The van der Waals surface area contributed by atoms with Crippen LogP contribution in [0.2, 0.25) is 0 Å². The molecule has 2 aromatic carbocycles. The number of halogens is 2. The average Bonchev–Trinajstić information content (AvgIpc) is 3.07. The molecule has 0 unspecified atom stereocenters. The van der Waals surface area contributed by atoms with Crippen molar-refractivity contribution >= 4 is 10.0 Å². The minimum Gasteiger partial charge on any atom is -0.229 e. The molecule has 0 spiro atoms. The van der Waals surface area contributed by atoms with E-state index < -0.39 is 15.9 Å². The van der Waals surface area contributed by atoms with Gasteiger partial charge in [-0.2, -0.15) is 0 Å². The van der Waals surface area contributed by atoms with Gasteiger partial charge in [-0.3, -0.25) is 0 Å². The van der Waals surface area contributed by atoms with E-state index in [1.807, 2.05) is 0 Å². The number of aryl methyl sites for hydroxylation is 1. The van der Waals surface area contributed by atoms with Gasteiger partial charge in [-0.25, -0.2) is 26.6 Å². The molecule has 3 aromatic rings. The maximum atomic E-state index is 13.4. The average molecular weight is 407 g/mol.